The summed E-state index contributed by atoms with van der Waals surface area (Å²) in [5.74, 6) is 1.07. The van der Waals surface area contributed by atoms with E-state index < -0.39 is 0 Å². The Kier molecular flexibility index (Phi) is 5.94. The second kappa shape index (κ2) is 7.29. The smallest absolute Gasteiger partial charge is 0.126 e. The molecule has 1 N–H and O–H groups in total. The number of hydrogen-bond donors (Lipinski definition) is 1. The summed E-state index contributed by atoms with van der Waals surface area (Å²) in [6, 6.07) is 6.34. The first-order valence-electron chi connectivity index (χ1n) is 6.21. The SMILES string of the molecule is CCCCOc1c(C)cccc1CNCC. The number of ether oxygens (including phenoxy) is 1. The lowest BCUT2D eigenvalue weighted by Gasteiger charge is -2.14. The van der Waals surface area contributed by atoms with E-state index >= 15 is 0 Å². The molecule has 0 heterocycles. The van der Waals surface area contributed by atoms with Gasteiger partial charge in [-0.1, -0.05) is 38.5 Å². The molecule has 0 bridgehead atoms. The van der Waals surface area contributed by atoms with Gasteiger partial charge in [0.15, 0.2) is 0 Å². The van der Waals surface area contributed by atoms with Gasteiger partial charge in [0.25, 0.3) is 0 Å². The van der Waals surface area contributed by atoms with Gasteiger partial charge in [-0.2, -0.15) is 0 Å². The zero-order valence-corrected chi connectivity index (χ0v) is 10.7. The highest BCUT2D eigenvalue weighted by atomic mass is 16.5. The molecule has 1 aromatic carbocycles. The summed E-state index contributed by atoms with van der Waals surface area (Å²) in [6.07, 6.45) is 2.30. The highest BCUT2D eigenvalue weighted by Crippen LogP contribution is 2.23. The van der Waals surface area contributed by atoms with Crippen LogP contribution < -0.4 is 10.1 Å². The summed E-state index contributed by atoms with van der Waals surface area (Å²) in [5.41, 5.74) is 2.49. The molecule has 2 nitrogen and oxygen atoms in total. The van der Waals surface area contributed by atoms with Gasteiger partial charge in [-0.25, -0.2) is 0 Å². The molecule has 16 heavy (non-hydrogen) atoms. The van der Waals surface area contributed by atoms with Crippen LogP contribution in [0.2, 0.25) is 0 Å². The molecule has 1 aromatic rings. The Morgan fingerprint density at radius 1 is 1.25 bits per heavy atom. The fraction of sp³-hybridized carbons (Fsp3) is 0.571. The van der Waals surface area contributed by atoms with E-state index in [1.807, 2.05) is 0 Å². The molecule has 0 spiro atoms. The lowest BCUT2D eigenvalue weighted by Crippen LogP contribution is -2.13. The average Bonchev–Trinajstić information content (AvgIpc) is 2.29. The fourth-order valence-electron chi connectivity index (χ4n) is 1.64. The topological polar surface area (TPSA) is 21.3 Å². The summed E-state index contributed by atoms with van der Waals surface area (Å²) < 4.78 is 5.87. The first kappa shape index (κ1) is 13.0. The molecule has 90 valence electrons. The van der Waals surface area contributed by atoms with Gasteiger partial charge in [-0.3, -0.25) is 0 Å². The lowest BCUT2D eigenvalue weighted by atomic mass is 10.1. The second-order valence-corrected chi connectivity index (χ2v) is 4.05. The van der Waals surface area contributed by atoms with Crippen LogP contribution in [0.1, 0.15) is 37.8 Å². The Labute approximate surface area is 99.0 Å². The number of benzene rings is 1. The van der Waals surface area contributed by atoms with Crippen LogP contribution in [0, 0.1) is 6.92 Å². The van der Waals surface area contributed by atoms with E-state index in [4.69, 9.17) is 4.74 Å². The van der Waals surface area contributed by atoms with E-state index in [2.05, 4.69) is 44.3 Å². The highest BCUT2D eigenvalue weighted by molar-refractivity contribution is 5.40. The van der Waals surface area contributed by atoms with E-state index in [1.165, 1.54) is 17.5 Å². The van der Waals surface area contributed by atoms with Gasteiger partial charge in [0.2, 0.25) is 0 Å². The van der Waals surface area contributed by atoms with Gasteiger partial charge >= 0.3 is 0 Å². The zero-order chi connectivity index (χ0) is 11.8. The molecule has 0 radical (unpaired) electrons. The molecule has 0 atom stereocenters. The minimum atomic E-state index is 0.820. The standard InChI is InChI=1S/C14H23NO/c1-4-6-10-16-14-12(3)8-7-9-13(14)11-15-5-2/h7-9,15H,4-6,10-11H2,1-3H3. The van der Waals surface area contributed by atoms with Crippen molar-refractivity contribution in [3.63, 3.8) is 0 Å². The van der Waals surface area contributed by atoms with Crippen LogP contribution >= 0.6 is 0 Å². The van der Waals surface area contributed by atoms with Crippen molar-refractivity contribution >= 4 is 0 Å². The summed E-state index contributed by atoms with van der Waals surface area (Å²) >= 11 is 0. The van der Waals surface area contributed by atoms with Gasteiger partial charge in [0.1, 0.15) is 5.75 Å². The molecule has 1 rings (SSSR count). The molecule has 0 fully saturated rings. The Balaban J connectivity index is 2.69. The normalized spacial score (nSPS) is 10.4. The van der Waals surface area contributed by atoms with Crippen molar-refractivity contribution in [1.82, 2.24) is 5.32 Å². The molecule has 0 aliphatic carbocycles. The summed E-state index contributed by atoms with van der Waals surface area (Å²) in [7, 11) is 0. The fourth-order valence-corrected chi connectivity index (χ4v) is 1.64. The van der Waals surface area contributed by atoms with E-state index in [0.717, 1.165) is 31.9 Å². The highest BCUT2D eigenvalue weighted by Gasteiger charge is 2.05. The van der Waals surface area contributed by atoms with Gasteiger partial charge in [-0.05, 0) is 25.5 Å². The predicted octanol–water partition coefficient (Wildman–Crippen LogP) is 3.28. The van der Waals surface area contributed by atoms with Crippen LogP contribution in [0.15, 0.2) is 18.2 Å². The van der Waals surface area contributed by atoms with Gasteiger partial charge in [-0.15, -0.1) is 0 Å². The minimum absolute atomic E-state index is 0.820. The number of nitrogens with one attached hydrogen (secondary N) is 1. The molecule has 0 aliphatic heterocycles. The monoisotopic (exact) mass is 221 g/mol. The molecular formula is C14H23NO. The maximum atomic E-state index is 5.87. The Hall–Kier alpha value is -1.02. The minimum Gasteiger partial charge on any atom is -0.493 e. The van der Waals surface area contributed by atoms with Crippen molar-refractivity contribution in [2.24, 2.45) is 0 Å². The lowest BCUT2D eigenvalue weighted by molar-refractivity contribution is 0.303. The first-order valence-corrected chi connectivity index (χ1v) is 6.21. The maximum absolute atomic E-state index is 5.87. The molecule has 0 aromatic heterocycles. The molecule has 0 unspecified atom stereocenters. The number of para-hydroxylation sites is 1. The zero-order valence-electron chi connectivity index (χ0n) is 10.7. The molecule has 0 amide bonds. The molecule has 0 aliphatic rings. The van der Waals surface area contributed by atoms with Crippen molar-refractivity contribution in [2.45, 2.75) is 40.2 Å². The first-order chi connectivity index (χ1) is 7.79. The number of rotatable bonds is 7. The second-order valence-electron chi connectivity index (χ2n) is 4.05. The Bertz CT molecular complexity index is 310. The van der Waals surface area contributed by atoms with Crippen molar-refractivity contribution < 1.29 is 4.74 Å². The van der Waals surface area contributed by atoms with E-state index in [1.54, 1.807) is 0 Å². The number of aryl methyl sites for hydroxylation is 1. The van der Waals surface area contributed by atoms with Crippen LogP contribution in [0.25, 0.3) is 0 Å². The van der Waals surface area contributed by atoms with Gasteiger partial charge in [0, 0.05) is 12.1 Å². The van der Waals surface area contributed by atoms with Crippen LogP contribution in [0.4, 0.5) is 0 Å². The van der Waals surface area contributed by atoms with Crippen LogP contribution in [-0.2, 0) is 6.54 Å². The van der Waals surface area contributed by atoms with Gasteiger partial charge in [0.05, 0.1) is 6.61 Å². The van der Waals surface area contributed by atoms with Crippen molar-refractivity contribution in [3.8, 4) is 5.75 Å². The van der Waals surface area contributed by atoms with Crippen molar-refractivity contribution in [2.75, 3.05) is 13.2 Å². The van der Waals surface area contributed by atoms with Crippen molar-refractivity contribution in [3.05, 3.63) is 29.3 Å². The molecular weight excluding hydrogens is 198 g/mol. The third-order valence-corrected chi connectivity index (χ3v) is 2.60. The molecule has 2 heteroatoms. The summed E-state index contributed by atoms with van der Waals surface area (Å²) in [6.45, 7) is 9.10. The Morgan fingerprint density at radius 3 is 2.75 bits per heavy atom. The third-order valence-electron chi connectivity index (χ3n) is 2.60. The predicted molar refractivity (Wildman–Crippen MR) is 69.0 cm³/mol. The number of unbranched alkanes of at least 4 members (excludes halogenated alkanes) is 1. The maximum Gasteiger partial charge on any atom is 0.126 e. The van der Waals surface area contributed by atoms with Crippen LogP contribution in [0.5, 0.6) is 5.75 Å². The largest absolute Gasteiger partial charge is 0.493 e. The third kappa shape index (κ3) is 3.86. The van der Waals surface area contributed by atoms with Crippen LogP contribution in [-0.4, -0.2) is 13.2 Å². The quantitative estimate of drug-likeness (QED) is 0.713. The van der Waals surface area contributed by atoms with E-state index in [9.17, 15) is 0 Å². The average molecular weight is 221 g/mol. The summed E-state index contributed by atoms with van der Waals surface area (Å²) in [5, 5.41) is 3.34. The molecule has 0 saturated heterocycles. The Morgan fingerprint density at radius 2 is 2.06 bits per heavy atom. The number of hydrogen-bond acceptors (Lipinski definition) is 2. The van der Waals surface area contributed by atoms with Gasteiger partial charge < -0.3 is 10.1 Å². The van der Waals surface area contributed by atoms with Crippen molar-refractivity contribution in [1.29, 1.82) is 0 Å². The summed E-state index contributed by atoms with van der Waals surface area (Å²) in [4.78, 5) is 0. The van der Waals surface area contributed by atoms with Crippen LogP contribution in [0.3, 0.4) is 0 Å². The van der Waals surface area contributed by atoms with E-state index in [0.29, 0.717) is 0 Å². The van der Waals surface area contributed by atoms with E-state index in [-0.39, 0.29) is 0 Å². The molecule has 0 saturated carbocycles.